The maximum absolute atomic E-state index is 12.0. The van der Waals surface area contributed by atoms with Crippen molar-refractivity contribution in [3.63, 3.8) is 0 Å². The smallest absolute Gasteiger partial charge is 0.304 e. The molecule has 0 saturated heterocycles. The minimum Gasteiger partial charge on any atom is -0.480 e. The SMILES string of the molecule is C=C(C)/C=C/c1cccc2c(Cc3c(OC)nc(C)c(=O)n3O)c[nH]c12. The highest BCUT2D eigenvalue weighted by molar-refractivity contribution is 5.90. The molecule has 0 aliphatic carbocycles. The first kappa shape index (κ1) is 17.5. The maximum atomic E-state index is 12.0. The van der Waals surface area contributed by atoms with Crippen LogP contribution in [0.5, 0.6) is 5.88 Å². The number of aryl methyl sites for hydroxylation is 1. The summed E-state index contributed by atoms with van der Waals surface area (Å²) < 4.78 is 5.87. The highest BCUT2D eigenvalue weighted by Gasteiger charge is 2.17. The minimum absolute atomic E-state index is 0.180. The molecule has 1 aromatic carbocycles. The van der Waals surface area contributed by atoms with Crippen LogP contribution in [0.2, 0.25) is 0 Å². The van der Waals surface area contributed by atoms with E-state index in [1.807, 2.05) is 43.5 Å². The number of aromatic amines is 1. The van der Waals surface area contributed by atoms with Gasteiger partial charge < -0.3 is 14.9 Å². The van der Waals surface area contributed by atoms with Gasteiger partial charge in [0.1, 0.15) is 11.4 Å². The van der Waals surface area contributed by atoms with Crippen LogP contribution < -0.4 is 10.3 Å². The van der Waals surface area contributed by atoms with Crippen LogP contribution in [0.25, 0.3) is 17.0 Å². The number of ether oxygens (including phenoxy) is 1. The third kappa shape index (κ3) is 3.13. The molecule has 0 aliphatic heterocycles. The second-order valence-corrected chi connectivity index (χ2v) is 6.21. The molecule has 2 N–H and O–H groups in total. The molecular formula is C20H21N3O3. The third-order valence-corrected chi connectivity index (χ3v) is 4.21. The Bertz CT molecular complexity index is 1070. The average Bonchev–Trinajstić information content (AvgIpc) is 3.03. The van der Waals surface area contributed by atoms with Gasteiger partial charge in [-0.05, 0) is 25.0 Å². The van der Waals surface area contributed by atoms with Crippen molar-refractivity contribution in [2.45, 2.75) is 20.3 Å². The summed E-state index contributed by atoms with van der Waals surface area (Å²) in [5.74, 6) is 0.234. The van der Waals surface area contributed by atoms with Gasteiger partial charge in [-0.25, -0.2) is 4.98 Å². The number of allylic oxidation sites excluding steroid dienone is 2. The topological polar surface area (TPSA) is 80.1 Å². The Labute approximate surface area is 151 Å². The number of para-hydroxylation sites is 1. The van der Waals surface area contributed by atoms with E-state index >= 15 is 0 Å². The quantitative estimate of drug-likeness (QED) is 0.545. The fraction of sp³-hybridized carbons (Fsp3) is 0.200. The number of aromatic nitrogens is 3. The fourth-order valence-corrected chi connectivity index (χ4v) is 2.88. The first-order valence-electron chi connectivity index (χ1n) is 8.20. The lowest BCUT2D eigenvalue weighted by Crippen LogP contribution is -2.26. The van der Waals surface area contributed by atoms with E-state index in [9.17, 15) is 10.0 Å². The Kier molecular flexibility index (Phi) is 4.67. The van der Waals surface area contributed by atoms with Gasteiger partial charge in [0.25, 0.3) is 0 Å². The zero-order valence-electron chi connectivity index (χ0n) is 15.0. The second-order valence-electron chi connectivity index (χ2n) is 6.21. The minimum atomic E-state index is -0.550. The van der Waals surface area contributed by atoms with Crippen molar-refractivity contribution in [1.82, 2.24) is 14.7 Å². The fourth-order valence-electron chi connectivity index (χ4n) is 2.88. The molecule has 0 unspecified atom stereocenters. The van der Waals surface area contributed by atoms with Gasteiger partial charge >= 0.3 is 5.56 Å². The van der Waals surface area contributed by atoms with Gasteiger partial charge in [-0.1, -0.05) is 42.5 Å². The molecule has 2 heterocycles. The number of hydrogen-bond acceptors (Lipinski definition) is 4. The van der Waals surface area contributed by atoms with E-state index in [0.29, 0.717) is 16.8 Å². The number of fused-ring (bicyclic) bond motifs is 1. The molecule has 0 spiro atoms. The number of hydrogen-bond donors (Lipinski definition) is 2. The van der Waals surface area contributed by atoms with Gasteiger partial charge in [0.05, 0.1) is 12.6 Å². The molecule has 0 saturated carbocycles. The van der Waals surface area contributed by atoms with Gasteiger partial charge in [0, 0.05) is 18.0 Å². The molecule has 0 aliphatic rings. The summed E-state index contributed by atoms with van der Waals surface area (Å²) in [6.07, 6.45) is 6.12. The summed E-state index contributed by atoms with van der Waals surface area (Å²) in [5.41, 5.74) is 3.85. The van der Waals surface area contributed by atoms with Crippen molar-refractivity contribution in [3.8, 4) is 5.88 Å². The number of H-pyrrole nitrogens is 1. The van der Waals surface area contributed by atoms with Crippen LogP contribution in [0, 0.1) is 6.92 Å². The van der Waals surface area contributed by atoms with E-state index in [1.54, 1.807) is 0 Å². The van der Waals surface area contributed by atoms with E-state index in [0.717, 1.165) is 27.6 Å². The lowest BCUT2D eigenvalue weighted by molar-refractivity contribution is 0.159. The first-order valence-corrected chi connectivity index (χ1v) is 8.20. The van der Waals surface area contributed by atoms with Crippen LogP contribution >= 0.6 is 0 Å². The van der Waals surface area contributed by atoms with E-state index in [4.69, 9.17) is 4.74 Å². The molecule has 6 nitrogen and oxygen atoms in total. The summed E-state index contributed by atoms with van der Waals surface area (Å²) in [6, 6.07) is 5.97. The number of nitrogens with zero attached hydrogens (tertiary/aromatic N) is 2. The zero-order chi connectivity index (χ0) is 18.8. The van der Waals surface area contributed by atoms with Crippen LogP contribution in [0.4, 0.5) is 0 Å². The maximum Gasteiger partial charge on any atom is 0.304 e. The summed E-state index contributed by atoms with van der Waals surface area (Å²) in [5, 5.41) is 11.2. The summed E-state index contributed by atoms with van der Waals surface area (Å²) in [4.78, 5) is 19.4. The molecule has 134 valence electrons. The second kappa shape index (κ2) is 6.92. The zero-order valence-corrected chi connectivity index (χ0v) is 15.0. The number of methoxy groups -OCH3 is 1. The molecule has 0 radical (unpaired) electrons. The standard InChI is InChI=1S/C20H21N3O3/c1-12(2)8-9-14-6-5-7-16-15(11-21-18(14)16)10-17-19(26-4)22-13(3)20(24)23(17)25/h5-9,11,21,25H,1,10H2,2-4H3/b9-8+. The summed E-state index contributed by atoms with van der Waals surface area (Å²) in [6.45, 7) is 7.35. The van der Waals surface area contributed by atoms with Crippen LogP contribution in [-0.4, -0.2) is 27.0 Å². The van der Waals surface area contributed by atoms with Gasteiger partial charge in [0.15, 0.2) is 0 Å². The van der Waals surface area contributed by atoms with Gasteiger partial charge in [-0.3, -0.25) is 4.79 Å². The lowest BCUT2D eigenvalue weighted by Gasteiger charge is -2.11. The molecular weight excluding hydrogens is 330 g/mol. The lowest BCUT2D eigenvalue weighted by atomic mass is 10.0. The van der Waals surface area contributed by atoms with E-state index in [1.165, 1.54) is 14.0 Å². The van der Waals surface area contributed by atoms with E-state index in [-0.39, 0.29) is 11.6 Å². The highest BCUT2D eigenvalue weighted by atomic mass is 16.5. The van der Waals surface area contributed by atoms with Gasteiger partial charge in [0.2, 0.25) is 5.88 Å². The van der Waals surface area contributed by atoms with Crippen LogP contribution in [0.1, 0.15) is 29.4 Å². The molecule has 0 amide bonds. The van der Waals surface area contributed by atoms with E-state index < -0.39 is 5.56 Å². The monoisotopic (exact) mass is 351 g/mol. The Morgan fingerprint density at radius 1 is 1.46 bits per heavy atom. The molecule has 0 bridgehead atoms. The molecule has 26 heavy (non-hydrogen) atoms. The van der Waals surface area contributed by atoms with Crippen LogP contribution in [0.15, 0.2) is 47.4 Å². The predicted octanol–water partition coefficient (Wildman–Crippen LogP) is 3.46. The molecule has 3 rings (SSSR count). The Balaban J connectivity index is 2.09. The summed E-state index contributed by atoms with van der Waals surface area (Å²) in [7, 11) is 1.46. The molecule has 2 aromatic heterocycles. The summed E-state index contributed by atoms with van der Waals surface area (Å²) >= 11 is 0. The molecule has 6 heteroatoms. The van der Waals surface area contributed by atoms with Crippen molar-refractivity contribution in [2.24, 2.45) is 0 Å². The van der Waals surface area contributed by atoms with Crippen LogP contribution in [0.3, 0.4) is 0 Å². The average molecular weight is 351 g/mol. The van der Waals surface area contributed by atoms with Crippen molar-refractivity contribution >= 4 is 17.0 Å². The Hall–Kier alpha value is -3.28. The molecule has 3 aromatic rings. The van der Waals surface area contributed by atoms with Crippen molar-refractivity contribution < 1.29 is 9.94 Å². The molecule has 0 fully saturated rings. The van der Waals surface area contributed by atoms with Gasteiger partial charge in [-0.15, -0.1) is 4.73 Å². The third-order valence-electron chi connectivity index (χ3n) is 4.21. The Morgan fingerprint density at radius 3 is 2.92 bits per heavy atom. The van der Waals surface area contributed by atoms with E-state index in [2.05, 4.69) is 16.5 Å². The molecule has 0 atom stereocenters. The number of rotatable bonds is 5. The van der Waals surface area contributed by atoms with Crippen LogP contribution in [-0.2, 0) is 6.42 Å². The number of nitrogens with one attached hydrogen (secondary N) is 1. The number of benzene rings is 1. The van der Waals surface area contributed by atoms with Crippen molar-refractivity contribution in [3.05, 3.63) is 75.5 Å². The predicted molar refractivity (Wildman–Crippen MR) is 102 cm³/mol. The van der Waals surface area contributed by atoms with Crippen molar-refractivity contribution in [2.75, 3.05) is 7.11 Å². The first-order chi connectivity index (χ1) is 12.4. The Morgan fingerprint density at radius 2 is 2.23 bits per heavy atom. The normalized spacial score (nSPS) is 11.3. The van der Waals surface area contributed by atoms with Crippen molar-refractivity contribution in [1.29, 1.82) is 0 Å². The highest BCUT2D eigenvalue weighted by Crippen LogP contribution is 2.26. The van der Waals surface area contributed by atoms with Gasteiger partial charge in [-0.2, -0.15) is 0 Å². The largest absolute Gasteiger partial charge is 0.480 e.